The molecule has 1 fully saturated rings. The van der Waals surface area contributed by atoms with Gasteiger partial charge in [-0.3, -0.25) is 0 Å². The van der Waals surface area contributed by atoms with Gasteiger partial charge in [-0.05, 0) is 66.2 Å². The maximum absolute atomic E-state index is 13.7. The quantitative estimate of drug-likeness (QED) is 0.616. The molecule has 0 bridgehead atoms. The number of halogens is 4. The number of benzene rings is 1. The smallest absolute Gasteiger partial charge is 0.144 e. The summed E-state index contributed by atoms with van der Waals surface area (Å²) in [7, 11) is 0. The second kappa shape index (κ2) is 7.00. The third kappa shape index (κ3) is 4.14. The lowest BCUT2D eigenvalue weighted by atomic mass is 9.89. The molecule has 0 heterocycles. The van der Waals surface area contributed by atoms with Gasteiger partial charge in [0.15, 0.2) is 0 Å². The van der Waals surface area contributed by atoms with Crippen LogP contribution in [0.1, 0.15) is 31.2 Å². The minimum atomic E-state index is -0.517. The molecule has 0 aliphatic heterocycles. The first kappa shape index (κ1) is 15.2. The fourth-order valence-electron chi connectivity index (χ4n) is 2.46. The van der Waals surface area contributed by atoms with Gasteiger partial charge in [-0.25, -0.2) is 8.78 Å². The number of rotatable bonds is 4. The Bertz CT molecular complexity index is 434. The summed E-state index contributed by atoms with van der Waals surface area (Å²) in [6, 6.07) is 2.67. The lowest BCUT2D eigenvalue weighted by Crippen LogP contribution is -2.27. The molecule has 5 heteroatoms. The molecule has 106 valence electrons. The summed E-state index contributed by atoms with van der Waals surface area (Å²) < 4.78 is 27.6. The molecule has 1 saturated carbocycles. The van der Waals surface area contributed by atoms with Crippen LogP contribution < -0.4 is 5.32 Å². The van der Waals surface area contributed by atoms with Crippen molar-refractivity contribution in [1.29, 1.82) is 0 Å². The van der Waals surface area contributed by atoms with Crippen molar-refractivity contribution in [2.24, 2.45) is 5.92 Å². The number of hydrogen-bond donors (Lipinski definition) is 1. The summed E-state index contributed by atoms with van der Waals surface area (Å²) in [5.74, 6) is -0.456. The summed E-state index contributed by atoms with van der Waals surface area (Å²) in [6.45, 7) is 1.01. The van der Waals surface area contributed by atoms with E-state index in [-0.39, 0.29) is 12.1 Å². The Morgan fingerprint density at radius 1 is 1.21 bits per heavy atom. The van der Waals surface area contributed by atoms with Crippen LogP contribution in [0.15, 0.2) is 16.6 Å². The normalized spacial score (nSPS) is 23.6. The standard InChI is InChI=1S/C14H17BrClF2N/c15-12-5-6-13(17)11(14(12)18)8-19-7-9-1-3-10(16)4-2-9/h5-6,9-10,19H,1-4,7-8H2. The molecule has 0 aromatic heterocycles. The van der Waals surface area contributed by atoms with Gasteiger partial charge in [-0.2, -0.15) is 0 Å². The first-order valence-electron chi connectivity index (χ1n) is 6.55. The molecule has 1 aromatic rings. The summed E-state index contributed by atoms with van der Waals surface area (Å²) in [6.07, 6.45) is 4.25. The predicted molar refractivity (Wildman–Crippen MR) is 77.4 cm³/mol. The molecule has 1 nitrogen and oxygen atoms in total. The number of alkyl halides is 1. The van der Waals surface area contributed by atoms with Crippen LogP contribution in [0.4, 0.5) is 8.78 Å². The highest BCUT2D eigenvalue weighted by atomic mass is 79.9. The molecule has 1 aromatic carbocycles. The Hall–Kier alpha value is -0.190. The van der Waals surface area contributed by atoms with E-state index in [9.17, 15) is 8.78 Å². The summed E-state index contributed by atoms with van der Waals surface area (Å²) in [5, 5.41) is 3.45. The van der Waals surface area contributed by atoms with E-state index in [1.165, 1.54) is 12.1 Å². The van der Waals surface area contributed by atoms with E-state index in [1.807, 2.05) is 0 Å². The summed E-state index contributed by atoms with van der Waals surface area (Å²) in [4.78, 5) is 0. The highest BCUT2D eigenvalue weighted by Gasteiger charge is 2.19. The fourth-order valence-corrected chi connectivity index (χ4v) is 3.08. The van der Waals surface area contributed by atoms with Gasteiger partial charge in [0, 0.05) is 17.5 Å². The highest BCUT2D eigenvalue weighted by Crippen LogP contribution is 2.27. The molecule has 2 rings (SSSR count). The number of hydrogen-bond acceptors (Lipinski definition) is 1. The maximum Gasteiger partial charge on any atom is 0.144 e. The van der Waals surface area contributed by atoms with Crippen LogP contribution in [0.25, 0.3) is 0 Å². The highest BCUT2D eigenvalue weighted by molar-refractivity contribution is 9.10. The lowest BCUT2D eigenvalue weighted by Gasteiger charge is -2.25. The minimum Gasteiger partial charge on any atom is -0.312 e. The molecule has 0 amide bonds. The van der Waals surface area contributed by atoms with Crippen molar-refractivity contribution < 1.29 is 8.78 Å². The molecular weight excluding hydrogens is 336 g/mol. The maximum atomic E-state index is 13.7. The van der Waals surface area contributed by atoms with Crippen molar-refractivity contribution in [1.82, 2.24) is 5.32 Å². The van der Waals surface area contributed by atoms with Gasteiger partial charge in [-0.1, -0.05) is 0 Å². The molecular formula is C14H17BrClF2N. The van der Waals surface area contributed by atoms with Crippen molar-refractivity contribution in [3.05, 3.63) is 33.8 Å². The van der Waals surface area contributed by atoms with Gasteiger partial charge >= 0.3 is 0 Å². The van der Waals surface area contributed by atoms with Gasteiger partial charge in [0.25, 0.3) is 0 Å². The Balaban J connectivity index is 1.84. The third-order valence-corrected chi connectivity index (χ3v) is 4.70. The summed E-state index contributed by atoms with van der Waals surface area (Å²) >= 11 is 9.12. The van der Waals surface area contributed by atoms with Gasteiger partial charge in [0.2, 0.25) is 0 Å². The van der Waals surface area contributed by atoms with Crippen molar-refractivity contribution in [2.75, 3.05) is 6.54 Å². The molecule has 0 radical (unpaired) electrons. The van der Waals surface area contributed by atoms with E-state index >= 15 is 0 Å². The van der Waals surface area contributed by atoms with E-state index in [2.05, 4.69) is 21.2 Å². The molecule has 0 atom stereocenters. The zero-order chi connectivity index (χ0) is 13.8. The average Bonchev–Trinajstić information content (AvgIpc) is 2.40. The zero-order valence-corrected chi connectivity index (χ0v) is 12.9. The molecule has 1 aliphatic carbocycles. The monoisotopic (exact) mass is 351 g/mol. The molecule has 19 heavy (non-hydrogen) atoms. The largest absolute Gasteiger partial charge is 0.312 e. The van der Waals surface area contributed by atoms with E-state index in [0.717, 1.165) is 32.2 Å². The van der Waals surface area contributed by atoms with Gasteiger partial charge in [-0.15, -0.1) is 11.6 Å². The Morgan fingerprint density at radius 2 is 1.89 bits per heavy atom. The predicted octanol–water partition coefficient (Wildman–Crippen LogP) is 4.61. The Morgan fingerprint density at radius 3 is 2.58 bits per heavy atom. The van der Waals surface area contributed by atoms with Crippen LogP contribution >= 0.6 is 27.5 Å². The summed E-state index contributed by atoms with van der Waals surface area (Å²) in [5.41, 5.74) is 0.0976. The van der Waals surface area contributed by atoms with Crippen molar-refractivity contribution in [3.8, 4) is 0 Å². The van der Waals surface area contributed by atoms with Crippen molar-refractivity contribution >= 4 is 27.5 Å². The molecule has 0 unspecified atom stereocenters. The fraction of sp³-hybridized carbons (Fsp3) is 0.571. The third-order valence-electron chi connectivity index (χ3n) is 3.65. The Kier molecular flexibility index (Phi) is 5.60. The van der Waals surface area contributed by atoms with Crippen LogP contribution in [-0.2, 0) is 6.54 Å². The Labute approximate surface area is 125 Å². The van der Waals surface area contributed by atoms with Gasteiger partial charge in [0.05, 0.1) is 4.47 Å². The molecule has 1 aliphatic rings. The van der Waals surface area contributed by atoms with Crippen LogP contribution in [0.2, 0.25) is 0 Å². The van der Waals surface area contributed by atoms with Crippen molar-refractivity contribution in [2.45, 2.75) is 37.6 Å². The van der Waals surface area contributed by atoms with E-state index in [4.69, 9.17) is 11.6 Å². The van der Waals surface area contributed by atoms with Gasteiger partial charge < -0.3 is 5.32 Å². The van der Waals surface area contributed by atoms with Crippen LogP contribution in [0.5, 0.6) is 0 Å². The van der Waals surface area contributed by atoms with Gasteiger partial charge in [0.1, 0.15) is 11.6 Å². The second-order valence-electron chi connectivity index (χ2n) is 5.07. The topological polar surface area (TPSA) is 12.0 Å². The van der Waals surface area contributed by atoms with E-state index in [0.29, 0.717) is 15.8 Å². The average molecular weight is 353 g/mol. The van der Waals surface area contributed by atoms with Crippen LogP contribution in [0.3, 0.4) is 0 Å². The zero-order valence-electron chi connectivity index (χ0n) is 10.6. The first-order valence-corrected chi connectivity index (χ1v) is 7.78. The van der Waals surface area contributed by atoms with E-state index < -0.39 is 11.6 Å². The molecule has 0 spiro atoms. The van der Waals surface area contributed by atoms with Crippen LogP contribution in [0, 0.1) is 17.6 Å². The SMILES string of the molecule is Fc1ccc(Br)c(F)c1CNCC1CCC(Cl)CC1. The molecule has 0 saturated heterocycles. The molecule has 1 N–H and O–H groups in total. The minimum absolute atomic E-state index is 0.0976. The number of nitrogens with one attached hydrogen (secondary N) is 1. The van der Waals surface area contributed by atoms with E-state index in [1.54, 1.807) is 0 Å². The second-order valence-corrected chi connectivity index (χ2v) is 6.54. The first-order chi connectivity index (χ1) is 9.08. The lowest BCUT2D eigenvalue weighted by molar-refractivity contribution is 0.343. The van der Waals surface area contributed by atoms with Crippen molar-refractivity contribution in [3.63, 3.8) is 0 Å². The van der Waals surface area contributed by atoms with Crippen LogP contribution in [-0.4, -0.2) is 11.9 Å².